The monoisotopic (exact) mass is 392 g/mol. The van der Waals surface area contributed by atoms with E-state index in [1.54, 1.807) is 41.6 Å². The molecule has 0 amide bonds. The third-order valence-electron chi connectivity index (χ3n) is 3.87. The number of hydrogen-bond donors (Lipinski definition) is 2. The SMILES string of the molecule is COc1ccc(NC(=S)NCc2ccc(OC)c(OC)c2OC)cc1OC. The average molecular weight is 392 g/mol. The quantitative estimate of drug-likeness (QED) is 0.664. The van der Waals surface area contributed by atoms with Crippen LogP contribution in [0.3, 0.4) is 0 Å². The lowest BCUT2D eigenvalue weighted by molar-refractivity contribution is 0.322. The Morgan fingerprint density at radius 3 is 2.00 bits per heavy atom. The molecule has 7 nitrogen and oxygen atoms in total. The van der Waals surface area contributed by atoms with Crippen molar-refractivity contribution in [1.82, 2.24) is 5.32 Å². The van der Waals surface area contributed by atoms with E-state index in [0.29, 0.717) is 40.4 Å². The maximum absolute atomic E-state index is 5.48. The number of hydrogen-bond acceptors (Lipinski definition) is 6. The Labute approximate surface area is 164 Å². The van der Waals surface area contributed by atoms with Gasteiger partial charge in [-0.25, -0.2) is 0 Å². The lowest BCUT2D eigenvalue weighted by Crippen LogP contribution is -2.28. The van der Waals surface area contributed by atoms with Crippen molar-refractivity contribution in [1.29, 1.82) is 0 Å². The number of rotatable bonds is 8. The molecule has 146 valence electrons. The summed E-state index contributed by atoms with van der Waals surface area (Å²) in [5.41, 5.74) is 1.66. The largest absolute Gasteiger partial charge is 0.493 e. The summed E-state index contributed by atoms with van der Waals surface area (Å²) in [6.07, 6.45) is 0. The summed E-state index contributed by atoms with van der Waals surface area (Å²) in [5.74, 6) is 3.00. The minimum atomic E-state index is 0.447. The van der Waals surface area contributed by atoms with Gasteiger partial charge < -0.3 is 34.3 Å². The van der Waals surface area contributed by atoms with Crippen molar-refractivity contribution in [2.75, 3.05) is 40.9 Å². The average Bonchev–Trinajstić information content (AvgIpc) is 2.70. The van der Waals surface area contributed by atoms with E-state index in [1.807, 2.05) is 24.3 Å². The maximum Gasteiger partial charge on any atom is 0.203 e. The van der Waals surface area contributed by atoms with E-state index >= 15 is 0 Å². The third kappa shape index (κ3) is 4.85. The van der Waals surface area contributed by atoms with Gasteiger partial charge in [-0.05, 0) is 36.5 Å². The Balaban J connectivity index is 2.08. The lowest BCUT2D eigenvalue weighted by atomic mass is 10.1. The van der Waals surface area contributed by atoms with Crippen LogP contribution in [-0.2, 0) is 6.54 Å². The maximum atomic E-state index is 5.48. The summed E-state index contributed by atoms with van der Waals surface area (Å²) in [6.45, 7) is 0.447. The van der Waals surface area contributed by atoms with E-state index in [1.165, 1.54) is 0 Å². The van der Waals surface area contributed by atoms with Crippen molar-refractivity contribution in [2.45, 2.75) is 6.54 Å². The summed E-state index contributed by atoms with van der Waals surface area (Å²) in [7, 11) is 7.91. The van der Waals surface area contributed by atoms with Gasteiger partial charge in [0.15, 0.2) is 28.1 Å². The van der Waals surface area contributed by atoms with Crippen molar-refractivity contribution in [3.05, 3.63) is 35.9 Å². The van der Waals surface area contributed by atoms with E-state index in [4.69, 9.17) is 35.9 Å². The number of thiocarbonyl (C=S) groups is 1. The highest BCUT2D eigenvalue weighted by atomic mass is 32.1. The molecule has 2 rings (SSSR count). The molecule has 0 fully saturated rings. The standard InChI is InChI=1S/C19H24N2O5S/c1-22-14-9-7-13(10-16(14)24-3)21-19(27)20-11-12-6-8-15(23-2)18(26-5)17(12)25-4/h6-10H,11H2,1-5H3,(H2,20,21,27). The summed E-state index contributed by atoms with van der Waals surface area (Å²) >= 11 is 5.37. The van der Waals surface area contributed by atoms with Crippen molar-refractivity contribution >= 4 is 23.0 Å². The van der Waals surface area contributed by atoms with Gasteiger partial charge in [-0.1, -0.05) is 0 Å². The molecule has 0 bridgehead atoms. The van der Waals surface area contributed by atoms with Crippen molar-refractivity contribution in [3.8, 4) is 28.7 Å². The van der Waals surface area contributed by atoms with Crippen LogP contribution in [0, 0.1) is 0 Å². The molecule has 0 heterocycles. The molecular weight excluding hydrogens is 368 g/mol. The van der Waals surface area contributed by atoms with Gasteiger partial charge in [0.25, 0.3) is 0 Å². The second-order valence-corrected chi connectivity index (χ2v) is 5.78. The molecule has 2 N–H and O–H groups in total. The van der Waals surface area contributed by atoms with Gasteiger partial charge in [0.05, 0.1) is 35.5 Å². The highest BCUT2D eigenvalue weighted by Crippen LogP contribution is 2.39. The fourth-order valence-electron chi connectivity index (χ4n) is 2.57. The number of methoxy groups -OCH3 is 5. The van der Waals surface area contributed by atoms with E-state index in [9.17, 15) is 0 Å². The Morgan fingerprint density at radius 2 is 1.41 bits per heavy atom. The summed E-state index contributed by atoms with van der Waals surface area (Å²) < 4.78 is 26.7. The number of benzene rings is 2. The van der Waals surface area contributed by atoms with Crippen LogP contribution in [0.25, 0.3) is 0 Å². The molecule has 8 heteroatoms. The van der Waals surface area contributed by atoms with Gasteiger partial charge >= 0.3 is 0 Å². The fraction of sp³-hybridized carbons (Fsp3) is 0.316. The minimum Gasteiger partial charge on any atom is -0.493 e. The lowest BCUT2D eigenvalue weighted by Gasteiger charge is -2.17. The third-order valence-corrected chi connectivity index (χ3v) is 4.11. The highest BCUT2D eigenvalue weighted by Gasteiger charge is 2.16. The predicted molar refractivity (Wildman–Crippen MR) is 109 cm³/mol. The van der Waals surface area contributed by atoms with Crippen molar-refractivity contribution in [3.63, 3.8) is 0 Å². The number of anilines is 1. The first-order valence-electron chi connectivity index (χ1n) is 8.12. The van der Waals surface area contributed by atoms with Crippen LogP contribution >= 0.6 is 12.2 Å². The predicted octanol–water partition coefficient (Wildman–Crippen LogP) is 3.22. The van der Waals surface area contributed by atoms with Crippen molar-refractivity contribution < 1.29 is 23.7 Å². The molecule has 0 saturated carbocycles. The van der Waals surface area contributed by atoms with Crippen LogP contribution < -0.4 is 34.3 Å². The summed E-state index contributed by atoms with van der Waals surface area (Å²) in [5, 5.41) is 6.72. The molecule has 2 aromatic rings. The molecule has 0 spiro atoms. The van der Waals surface area contributed by atoms with Gasteiger partial charge in [0.1, 0.15) is 0 Å². The first kappa shape index (κ1) is 20.4. The van der Waals surface area contributed by atoms with Crippen LogP contribution in [0.15, 0.2) is 30.3 Å². The first-order chi connectivity index (χ1) is 13.1. The Bertz CT molecular complexity index is 798. The second kappa shape index (κ2) is 9.72. The molecule has 0 saturated heterocycles. The van der Waals surface area contributed by atoms with Crippen LogP contribution in [0.4, 0.5) is 5.69 Å². The van der Waals surface area contributed by atoms with E-state index in [-0.39, 0.29) is 0 Å². The van der Waals surface area contributed by atoms with Crippen LogP contribution in [0.5, 0.6) is 28.7 Å². The second-order valence-electron chi connectivity index (χ2n) is 5.37. The first-order valence-corrected chi connectivity index (χ1v) is 8.53. The molecule has 0 aliphatic heterocycles. The molecule has 0 aliphatic carbocycles. The zero-order chi connectivity index (χ0) is 19.8. The van der Waals surface area contributed by atoms with Gasteiger partial charge in [0, 0.05) is 23.9 Å². The van der Waals surface area contributed by atoms with Gasteiger partial charge in [-0.2, -0.15) is 0 Å². The fourth-order valence-corrected chi connectivity index (χ4v) is 2.76. The number of nitrogens with one attached hydrogen (secondary N) is 2. The summed E-state index contributed by atoms with van der Waals surface area (Å²) in [6, 6.07) is 9.19. The Hall–Kier alpha value is -2.87. The number of ether oxygens (including phenoxy) is 5. The van der Waals surface area contributed by atoms with Gasteiger partial charge in [-0.3, -0.25) is 0 Å². The van der Waals surface area contributed by atoms with Crippen LogP contribution in [-0.4, -0.2) is 40.7 Å². The summed E-state index contributed by atoms with van der Waals surface area (Å²) in [4.78, 5) is 0. The zero-order valence-electron chi connectivity index (χ0n) is 16.0. The van der Waals surface area contributed by atoms with E-state index < -0.39 is 0 Å². The normalized spacial score (nSPS) is 9.96. The van der Waals surface area contributed by atoms with Crippen molar-refractivity contribution in [2.24, 2.45) is 0 Å². The molecule has 0 radical (unpaired) electrons. The molecule has 2 aromatic carbocycles. The molecular formula is C19H24N2O5S. The highest BCUT2D eigenvalue weighted by molar-refractivity contribution is 7.80. The smallest absolute Gasteiger partial charge is 0.203 e. The molecule has 0 aliphatic rings. The van der Waals surface area contributed by atoms with Gasteiger partial charge in [0.2, 0.25) is 5.75 Å². The molecule has 0 atom stereocenters. The van der Waals surface area contributed by atoms with Crippen LogP contribution in [0.2, 0.25) is 0 Å². The Morgan fingerprint density at radius 1 is 0.778 bits per heavy atom. The Kier molecular flexibility index (Phi) is 7.36. The minimum absolute atomic E-state index is 0.447. The van der Waals surface area contributed by atoms with Crippen LogP contribution in [0.1, 0.15) is 5.56 Å². The molecule has 0 aromatic heterocycles. The van der Waals surface area contributed by atoms with E-state index in [2.05, 4.69) is 10.6 Å². The molecule has 27 heavy (non-hydrogen) atoms. The molecule has 0 unspecified atom stereocenters. The topological polar surface area (TPSA) is 70.2 Å². The zero-order valence-corrected chi connectivity index (χ0v) is 16.9. The van der Waals surface area contributed by atoms with E-state index in [0.717, 1.165) is 11.3 Å². The van der Waals surface area contributed by atoms with Gasteiger partial charge in [-0.15, -0.1) is 0 Å².